The Kier molecular flexibility index (Phi) is 6.29. The maximum Gasteiger partial charge on any atom is 0.320 e. The van der Waals surface area contributed by atoms with E-state index in [9.17, 15) is 9.59 Å². The smallest absolute Gasteiger partial charge is 0.320 e. The monoisotopic (exact) mass is 267 g/mol. The fraction of sp³-hybridized carbons (Fsp3) is 0.571. The summed E-state index contributed by atoms with van der Waals surface area (Å²) < 4.78 is 4.99. The molecule has 0 fully saturated rings. The molecule has 1 unspecified atom stereocenters. The summed E-state index contributed by atoms with van der Waals surface area (Å²) in [4.78, 5) is 22.7. The van der Waals surface area contributed by atoms with E-state index >= 15 is 0 Å². The summed E-state index contributed by atoms with van der Waals surface area (Å²) in [5.74, 6) is -0.208. The SMILES string of the molecule is CC(C)CCC(NCCC(=O)c1ccco1)C(=O)O. The van der Waals surface area contributed by atoms with Crippen molar-refractivity contribution < 1.29 is 19.1 Å². The Morgan fingerprint density at radius 2 is 2.11 bits per heavy atom. The van der Waals surface area contributed by atoms with Gasteiger partial charge in [-0.25, -0.2) is 0 Å². The number of hydrogen-bond donors (Lipinski definition) is 2. The topological polar surface area (TPSA) is 79.5 Å². The van der Waals surface area contributed by atoms with E-state index in [4.69, 9.17) is 9.52 Å². The number of carboxylic acids is 1. The molecule has 106 valence electrons. The first-order chi connectivity index (χ1) is 9.00. The first-order valence-corrected chi connectivity index (χ1v) is 6.53. The maximum absolute atomic E-state index is 11.6. The van der Waals surface area contributed by atoms with Gasteiger partial charge in [-0.05, 0) is 30.9 Å². The van der Waals surface area contributed by atoms with E-state index in [0.717, 1.165) is 6.42 Å². The summed E-state index contributed by atoms with van der Waals surface area (Å²) in [5.41, 5.74) is 0. The van der Waals surface area contributed by atoms with Crippen LogP contribution in [0, 0.1) is 5.92 Å². The molecule has 0 radical (unpaired) electrons. The Hall–Kier alpha value is -1.62. The molecular formula is C14H21NO4. The molecule has 2 N–H and O–H groups in total. The van der Waals surface area contributed by atoms with Crippen LogP contribution in [-0.4, -0.2) is 29.4 Å². The molecule has 1 heterocycles. The molecule has 0 aromatic carbocycles. The second-order valence-corrected chi connectivity index (χ2v) is 4.97. The number of hydrogen-bond acceptors (Lipinski definition) is 4. The number of Topliss-reactive ketones (excluding diaryl/α,β-unsaturated/α-hetero) is 1. The molecule has 5 nitrogen and oxygen atoms in total. The average Bonchev–Trinajstić information content (AvgIpc) is 2.86. The van der Waals surface area contributed by atoms with Crippen molar-refractivity contribution in [1.29, 1.82) is 0 Å². The van der Waals surface area contributed by atoms with Crippen LogP contribution in [0.1, 0.15) is 43.7 Å². The van der Waals surface area contributed by atoms with Gasteiger partial charge in [0.15, 0.2) is 11.5 Å². The fourth-order valence-electron chi connectivity index (χ4n) is 1.73. The van der Waals surface area contributed by atoms with Crippen LogP contribution in [0.25, 0.3) is 0 Å². The quantitative estimate of drug-likeness (QED) is 0.671. The highest BCUT2D eigenvalue weighted by Gasteiger charge is 2.17. The number of ketones is 1. The van der Waals surface area contributed by atoms with Crippen molar-refractivity contribution in [2.24, 2.45) is 5.92 Å². The van der Waals surface area contributed by atoms with Gasteiger partial charge in [-0.1, -0.05) is 13.8 Å². The summed E-state index contributed by atoms with van der Waals surface area (Å²) in [6, 6.07) is 2.67. The number of carbonyl (C=O) groups excluding carboxylic acids is 1. The van der Waals surface area contributed by atoms with E-state index in [0.29, 0.717) is 24.6 Å². The van der Waals surface area contributed by atoms with Crippen molar-refractivity contribution in [2.45, 2.75) is 39.2 Å². The Labute approximate surface area is 113 Å². The van der Waals surface area contributed by atoms with Gasteiger partial charge in [-0.2, -0.15) is 0 Å². The van der Waals surface area contributed by atoms with Gasteiger partial charge >= 0.3 is 5.97 Å². The number of nitrogens with one attached hydrogen (secondary N) is 1. The third kappa shape index (κ3) is 5.70. The molecule has 0 bridgehead atoms. The van der Waals surface area contributed by atoms with Gasteiger partial charge in [-0.15, -0.1) is 0 Å². The first-order valence-electron chi connectivity index (χ1n) is 6.53. The molecule has 0 amide bonds. The highest BCUT2D eigenvalue weighted by Crippen LogP contribution is 2.08. The number of carbonyl (C=O) groups is 2. The molecule has 0 aliphatic heterocycles. The minimum absolute atomic E-state index is 0.120. The minimum Gasteiger partial charge on any atom is -0.480 e. The van der Waals surface area contributed by atoms with Gasteiger partial charge in [0.05, 0.1) is 6.26 Å². The number of carboxylic acid groups (broad SMARTS) is 1. The molecule has 0 aliphatic rings. The lowest BCUT2D eigenvalue weighted by atomic mass is 10.0. The van der Waals surface area contributed by atoms with Gasteiger partial charge in [0.1, 0.15) is 6.04 Å². The van der Waals surface area contributed by atoms with Crippen molar-refractivity contribution in [3.05, 3.63) is 24.2 Å². The third-order valence-electron chi connectivity index (χ3n) is 2.87. The van der Waals surface area contributed by atoms with Gasteiger partial charge in [0, 0.05) is 13.0 Å². The number of rotatable bonds is 9. The van der Waals surface area contributed by atoms with E-state index in [1.807, 2.05) is 0 Å². The second-order valence-electron chi connectivity index (χ2n) is 4.97. The zero-order chi connectivity index (χ0) is 14.3. The molecule has 0 spiro atoms. The van der Waals surface area contributed by atoms with Crippen LogP contribution < -0.4 is 5.32 Å². The largest absolute Gasteiger partial charge is 0.480 e. The fourth-order valence-corrected chi connectivity index (χ4v) is 1.73. The molecule has 19 heavy (non-hydrogen) atoms. The third-order valence-corrected chi connectivity index (χ3v) is 2.87. The second kappa shape index (κ2) is 7.74. The summed E-state index contributed by atoms with van der Waals surface area (Å²) in [6.07, 6.45) is 3.10. The van der Waals surface area contributed by atoms with E-state index in [1.54, 1.807) is 12.1 Å². The van der Waals surface area contributed by atoms with Gasteiger partial charge < -0.3 is 14.8 Å². The molecule has 0 saturated heterocycles. The van der Waals surface area contributed by atoms with Crippen LogP contribution in [0.4, 0.5) is 0 Å². The molecule has 1 aromatic heterocycles. The van der Waals surface area contributed by atoms with Gasteiger partial charge in [0.25, 0.3) is 0 Å². The number of aliphatic carboxylic acids is 1. The van der Waals surface area contributed by atoms with Gasteiger partial charge in [-0.3, -0.25) is 9.59 Å². The Bertz CT molecular complexity index is 398. The highest BCUT2D eigenvalue weighted by atomic mass is 16.4. The first kappa shape index (κ1) is 15.4. The molecule has 0 aliphatic carbocycles. The van der Waals surface area contributed by atoms with Crippen LogP contribution in [-0.2, 0) is 4.79 Å². The summed E-state index contributed by atoms with van der Waals surface area (Å²) in [7, 11) is 0. The highest BCUT2D eigenvalue weighted by molar-refractivity contribution is 5.93. The normalized spacial score (nSPS) is 12.6. The van der Waals surface area contributed by atoms with Crippen molar-refractivity contribution in [1.82, 2.24) is 5.32 Å². The van der Waals surface area contributed by atoms with Crippen LogP contribution in [0.5, 0.6) is 0 Å². The zero-order valence-corrected chi connectivity index (χ0v) is 11.4. The van der Waals surface area contributed by atoms with Crippen molar-refractivity contribution >= 4 is 11.8 Å². The molecule has 1 atom stereocenters. The minimum atomic E-state index is -0.869. The van der Waals surface area contributed by atoms with E-state index in [2.05, 4.69) is 19.2 Å². The zero-order valence-electron chi connectivity index (χ0n) is 11.4. The predicted molar refractivity (Wildman–Crippen MR) is 71.2 cm³/mol. The standard InChI is InChI=1S/C14H21NO4/c1-10(2)5-6-11(14(17)18)15-8-7-12(16)13-4-3-9-19-13/h3-4,9-11,15H,5-8H2,1-2H3,(H,17,18). The Morgan fingerprint density at radius 3 is 2.63 bits per heavy atom. The van der Waals surface area contributed by atoms with E-state index in [1.165, 1.54) is 6.26 Å². The predicted octanol–water partition coefficient (Wildman–Crippen LogP) is 2.33. The van der Waals surface area contributed by atoms with Crippen LogP contribution in [0.3, 0.4) is 0 Å². The molecule has 0 saturated carbocycles. The van der Waals surface area contributed by atoms with Crippen molar-refractivity contribution in [3.8, 4) is 0 Å². The molecular weight excluding hydrogens is 246 g/mol. The lowest BCUT2D eigenvalue weighted by molar-refractivity contribution is -0.139. The lowest BCUT2D eigenvalue weighted by Crippen LogP contribution is -2.38. The lowest BCUT2D eigenvalue weighted by Gasteiger charge is -2.15. The average molecular weight is 267 g/mol. The van der Waals surface area contributed by atoms with E-state index < -0.39 is 12.0 Å². The Balaban J connectivity index is 2.32. The number of furan rings is 1. The molecule has 1 aromatic rings. The summed E-state index contributed by atoms with van der Waals surface area (Å²) >= 11 is 0. The van der Waals surface area contributed by atoms with Crippen molar-refractivity contribution in [2.75, 3.05) is 6.54 Å². The Morgan fingerprint density at radius 1 is 1.37 bits per heavy atom. The van der Waals surface area contributed by atoms with Gasteiger partial charge in [0.2, 0.25) is 0 Å². The maximum atomic E-state index is 11.6. The van der Waals surface area contributed by atoms with Crippen LogP contribution in [0.15, 0.2) is 22.8 Å². The summed E-state index contributed by atoms with van der Waals surface area (Å²) in [6.45, 7) is 4.45. The molecule has 5 heteroatoms. The van der Waals surface area contributed by atoms with Crippen LogP contribution in [0.2, 0.25) is 0 Å². The van der Waals surface area contributed by atoms with Crippen LogP contribution >= 0.6 is 0 Å². The van der Waals surface area contributed by atoms with E-state index in [-0.39, 0.29) is 12.2 Å². The van der Waals surface area contributed by atoms with Crippen molar-refractivity contribution in [3.63, 3.8) is 0 Å². The molecule has 1 rings (SSSR count). The summed E-state index contributed by atoms with van der Waals surface area (Å²) in [5, 5.41) is 12.0.